The summed E-state index contributed by atoms with van der Waals surface area (Å²) in [5, 5.41) is 0. The highest BCUT2D eigenvalue weighted by atomic mass is 16.2. The lowest BCUT2D eigenvalue weighted by Gasteiger charge is -2.27. The quantitative estimate of drug-likeness (QED) is 0.796. The molecule has 0 saturated carbocycles. The smallest absolute Gasteiger partial charge is 0.223 e. The number of likely N-dealkylation sites (N-methyl/N-ethyl adjacent to an activating group) is 1. The minimum atomic E-state index is 0.320. The van der Waals surface area contributed by atoms with Gasteiger partial charge in [0.05, 0.1) is 0 Å². The molecule has 0 unspecified atom stereocenters. The van der Waals surface area contributed by atoms with Crippen molar-refractivity contribution in [3.63, 3.8) is 0 Å². The summed E-state index contributed by atoms with van der Waals surface area (Å²) < 4.78 is 0. The zero-order valence-corrected chi connectivity index (χ0v) is 12.4. The number of carbonyl (C=O) groups is 1. The van der Waals surface area contributed by atoms with Crippen LogP contribution in [-0.4, -0.2) is 53.9 Å². The van der Waals surface area contributed by atoms with Gasteiger partial charge in [-0.2, -0.15) is 0 Å². The van der Waals surface area contributed by atoms with Crippen LogP contribution in [0.25, 0.3) is 0 Å². The Bertz CT molecular complexity index is 401. The summed E-state index contributed by atoms with van der Waals surface area (Å²) in [5.74, 6) is 0.320. The summed E-state index contributed by atoms with van der Waals surface area (Å²) in [6, 6.07) is 4.10. The maximum atomic E-state index is 12.1. The van der Waals surface area contributed by atoms with Gasteiger partial charge >= 0.3 is 0 Å². The second-order valence-corrected chi connectivity index (χ2v) is 5.60. The van der Waals surface area contributed by atoms with Gasteiger partial charge in [-0.15, -0.1) is 0 Å². The Morgan fingerprint density at radius 1 is 1.20 bits per heavy atom. The Morgan fingerprint density at radius 3 is 2.60 bits per heavy atom. The summed E-state index contributed by atoms with van der Waals surface area (Å²) in [7, 11) is 2.09. The van der Waals surface area contributed by atoms with E-state index in [0.717, 1.165) is 32.6 Å². The largest absolute Gasteiger partial charge is 0.343 e. The van der Waals surface area contributed by atoms with Crippen LogP contribution in [0.2, 0.25) is 0 Å². The van der Waals surface area contributed by atoms with Gasteiger partial charge in [0.15, 0.2) is 0 Å². The Hall–Kier alpha value is -1.42. The first-order chi connectivity index (χ1) is 9.75. The fourth-order valence-corrected chi connectivity index (χ4v) is 2.57. The van der Waals surface area contributed by atoms with Crippen molar-refractivity contribution in [3.05, 3.63) is 30.1 Å². The van der Waals surface area contributed by atoms with E-state index < -0.39 is 0 Å². The van der Waals surface area contributed by atoms with Gasteiger partial charge < -0.3 is 9.80 Å². The standard InChI is InChI=1S/C16H25N3O/c1-18(13-7-15-5-9-17-10-6-15)14-8-16(20)19-11-3-2-4-12-19/h5-6,9-10H,2-4,7-8,11-14H2,1H3. The van der Waals surface area contributed by atoms with Gasteiger partial charge in [-0.1, -0.05) is 0 Å². The molecule has 110 valence electrons. The number of nitrogens with zero attached hydrogens (tertiary/aromatic N) is 3. The molecule has 0 spiro atoms. The number of piperidine rings is 1. The molecule has 0 aromatic carbocycles. The number of carbonyl (C=O) groups excluding carboxylic acids is 1. The van der Waals surface area contributed by atoms with Crippen molar-refractivity contribution < 1.29 is 4.79 Å². The second-order valence-electron chi connectivity index (χ2n) is 5.60. The van der Waals surface area contributed by atoms with Crippen molar-refractivity contribution in [1.82, 2.24) is 14.8 Å². The molecule has 4 heteroatoms. The van der Waals surface area contributed by atoms with E-state index in [1.54, 1.807) is 0 Å². The normalized spacial score (nSPS) is 15.6. The maximum Gasteiger partial charge on any atom is 0.223 e. The fourth-order valence-electron chi connectivity index (χ4n) is 2.57. The van der Waals surface area contributed by atoms with E-state index >= 15 is 0 Å². The van der Waals surface area contributed by atoms with Crippen LogP contribution in [-0.2, 0) is 11.2 Å². The molecule has 1 saturated heterocycles. The maximum absolute atomic E-state index is 12.1. The number of pyridine rings is 1. The number of likely N-dealkylation sites (tertiary alicyclic amines) is 1. The predicted octanol–water partition coefficient (Wildman–Crippen LogP) is 1.96. The third-order valence-corrected chi connectivity index (χ3v) is 3.95. The van der Waals surface area contributed by atoms with Gasteiger partial charge in [-0.3, -0.25) is 9.78 Å². The summed E-state index contributed by atoms with van der Waals surface area (Å²) in [6.45, 7) is 3.75. The van der Waals surface area contributed by atoms with Crippen LogP contribution < -0.4 is 0 Å². The summed E-state index contributed by atoms with van der Waals surface area (Å²) >= 11 is 0. The van der Waals surface area contributed by atoms with Crippen LogP contribution in [0.1, 0.15) is 31.2 Å². The molecule has 2 rings (SSSR count). The van der Waals surface area contributed by atoms with E-state index in [9.17, 15) is 4.79 Å². The first-order valence-electron chi connectivity index (χ1n) is 7.61. The molecule has 1 aromatic rings. The summed E-state index contributed by atoms with van der Waals surface area (Å²) in [5.41, 5.74) is 1.30. The molecule has 1 aliphatic rings. The van der Waals surface area contributed by atoms with Crippen molar-refractivity contribution in [1.29, 1.82) is 0 Å². The molecule has 4 nitrogen and oxygen atoms in total. The highest BCUT2D eigenvalue weighted by Gasteiger charge is 2.16. The second kappa shape index (κ2) is 8.00. The highest BCUT2D eigenvalue weighted by Crippen LogP contribution is 2.10. The van der Waals surface area contributed by atoms with E-state index in [4.69, 9.17) is 0 Å². The zero-order chi connectivity index (χ0) is 14.2. The molecule has 1 aromatic heterocycles. The Labute approximate surface area is 121 Å². The fraction of sp³-hybridized carbons (Fsp3) is 0.625. The van der Waals surface area contributed by atoms with Crippen LogP contribution in [0.3, 0.4) is 0 Å². The van der Waals surface area contributed by atoms with Crippen molar-refractivity contribution in [2.45, 2.75) is 32.1 Å². The average molecular weight is 275 g/mol. The van der Waals surface area contributed by atoms with Gasteiger partial charge in [-0.25, -0.2) is 0 Å². The van der Waals surface area contributed by atoms with Crippen LogP contribution in [0.5, 0.6) is 0 Å². The molecule has 0 radical (unpaired) electrons. The van der Waals surface area contributed by atoms with Crippen LogP contribution in [0, 0.1) is 0 Å². The molecule has 1 aliphatic heterocycles. The van der Waals surface area contributed by atoms with Gasteiger partial charge in [-0.05, 0) is 50.4 Å². The lowest BCUT2D eigenvalue weighted by atomic mass is 10.1. The number of amides is 1. The van der Waals surface area contributed by atoms with Gasteiger partial charge in [0, 0.05) is 45.0 Å². The van der Waals surface area contributed by atoms with Crippen molar-refractivity contribution in [3.8, 4) is 0 Å². The Kier molecular flexibility index (Phi) is 5.99. The molecule has 0 atom stereocenters. The third kappa shape index (κ3) is 4.93. The topological polar surface area (TPSA) is 36.4 Å². The van der Waals surface area contributed by atoms with E-state index in [2.05, 4.69) is 16.9 Å². The first kappa shape index (κ1) is 15.0. The van der Waals surface area contributed by atoms with Crippen LogP contribution in [0.4, 0.5) is 0 Å². The van der Waals surface area contributed by atoms with Gasteiger partial charge in [0.2, 0.25) is 5.91 Å². The van der Waals surface area contributed by atoms with E-state index in [1.165, 1.54) is 24.8 Å². The molecule has 0 aliphatic carbocycles. The molecule has 0 N–H and O–H groups in total. The number of aromatic nitrogens is 1. The lowest BCUT2D eigenvalue weighted by molar-refractivity contribution is -0.132. The Morgan fingerprint density at radius 2 is 1.90 bits per heavy atom. The van der Waals surface area contributed by atoms with E-state index in [1.807, 2.05) is 29.4 Å². The first-order valence-corrected chi connectivity index (χ1v) is 7.61. The van der Waals surface area contributed by atoms with Crippen molar-refractivity contribution in [2.75, 3.05) is 33.2 Å². The summed E-state index contributed by atoms with van der Waals surface area (Å²) in [4.78, 5) is 20.4. The summed E-state index contributed by atoms with van der Waals surface area (Å²) in [6.07, 6.45) is 8.93. The molecule has 2 heterocycles. The number of hydrogen-bond acceptors (Lipinski definition) is 3. The van der Waals surface area contributed by atoms with Crippen molar-refractivity contribution >= 4 is 5.91 Å². The van der Waals surface area contributed by atoms with Crippen LogP contribution in [0.15, 0.2) is 24.5 Å². The zero-order valence-electron chi connectivity index (χ0n) is 12.4. The van der Waals surface area contributed by atoms with Gasteiger partial charge in [0.1, 0.15) is 0 Å². The molecular weight excluding hydrogens is 250 g/mol. The number of hydrogen-bond donors (Lipinski definition) is 0. The minimum Gasteiger partial charge on any atom is -0.343 e. The van der Waals surface area contributed by atoms with E-state index in [-0.39, 0.29) is 0 Å². The monoisotopic (exact) mass is 275 g/mol. The Balaban J connectivity index is 1.64. The minimum absolute atomic E-state index is 0.320. The molecule has 1 amide bonds. The van der Waals surface area contributed by atoms with Crippen LogP contribution >= 0.6 is 0 Å². The third-order valence-electron chi connectivity index (χ3n) is 3.95. The average Bonchev–Trinajstić information content (AvgIpc) is 2.52. The number of rotatable bonds is 6. The lowest BCUT2D eigenvalue weighted by Crippen LogP contribution is -2.37. The van der Waals surface area contributed by atoms with Crippen molar-refractivity contribution in [2.24, 2.45) is 0 Å². The predicted molar refractivity (Wildman–Crippen MR) is 80.5 cm³/mol. The molecule has 20 heavy (non-hydrogen) atoms. The van der Waals surface area contributed by atoms with Gasteiger partial charge in [0.25, 0.3) is 0 Å². The molecule has 1 fully saturated rings. The highest BCUT2D eigenvalue weighted by molar-refractivity contribution is 5.76. The molecular formula is C16H25N3O. The van der Waals surface area contributed by atoms with E-state index in [0.29, 0.717) is 12.3 Å². The SMILES string of the molecule is CN(CCC(=O)N1CCCCC1)CCc1ccncc1. The molecule has 0 bridgehead atoms.